The number of sulfonamides is 1. The number of thioether (sulfide) groups is 1. The van der Waals surface area contributed by atoms with Gasteiger partial charge in [-0.1, -0.05) is 6.42 Å². The number of nitrogens with one attached hydrogen (secondary N) is 1. The Bertz CT molecular complexity index is 544. The van der Waals surface area contributed by atoms with Gasteiger partial charge in [0.05, 0.1) is 4.90 Å². The summed E-state index contributed by atoms with van der Waals surface area (Å²) in [7, 11) is -0.250. The van der Waals surface area contributed by atoms with Crippen molar-refractivity contribution in [1.82, 2.24) is 4.31 Å². The van der Waals surface area contributed by atoms with Crippen molar-refractivity contribution in [3.8, 4) is 0 Å². The molecule has 2 rings (SSSR count). The summed E-state index contributed by atoms with van der Waals surface area (Å²) in [5, 5.41) is 3.42. The quantitative estimate of drug-likeness (QED) is 0.877. The van der Waals surface area contributed by atoms with Gasteiger partial charge in [-0.3, -0.25) is 0 Å². The Morgan fingerprint density at radius 3 is 2.25 bits per heavy atom. The first-order valence-corrected chi connectivity index (χ1v) is 9.38. The molecule has 0 atom stereocenters. The van der Waals surface area contributed by atoms with Gasteiger partial charge < -0.3 is 5.32 Å². The van der Waals surface area contributed by atoms with Crippen LogP contribution in [0.4, 0.5) is 5.69 Å². The Kier molecular flexibility index (Phi) is 4.66. The van der Waals surface area contributed by atoms with Crippen LogP contribution in [0.2, 0.25) is 0 Å². The molecule has 0 aliphatic heterocycles. The number of benzene rings is 1. The molecule has 112 valence electrons. The maximum atomic E-state index is 12.0. The predicted molar refractivity (Wildman–Crippen MR) is 85.9 cm³/mol. The second-order valence-corrected chi connectivity index (χ2v) is 8.83. The molecule has 1 fully saturated rings. The van der Waals surface area contributed by atoms with E-state index in [0.29, 0.717) is 9.64 Å². The van der Waals surface area contributed by atoms with Crippen LogP contribution >= 0.6 is 11.8 Å². The fourth-order valence-corrected chi connectivity index (χ4v) is 4.06. The lowest BCUT2D eigenvalue weighted by atomic mass is 9.84. The van der Waals surface area contributed by atoms with E-state index in [9.17, 15) is 8.42 Å². The van der Waals surface area contributed by atoms with Crippen LogP contribution in [0.3, 0.4) is 0 Å². The number of hydrogen-bond donors (Lipinski definition) is 1. The van der Waals surface area contributed by atoms with Gasteiger partial charge in [-0.25, -0.2) is 12.7 Å². The molecule has 0 unspecified atom stereocenters. The smallest absolute Gasteiger partial charge is 0.242 e. The minimum absolute atomic E-state index is 0.330. The third kappa shape index (κ3) is 3.13. The average Bonchev–Trinajstić information content (AvgIpc) is 2.38. The molecule has 0 amide bonds. The van der Waals surface area contributed by atoms with E-state index in [1.165, 1.54) is 23.6 Å². The highest BCUT2D eigenvalue weighted by Crippen LogP contribution is 2.42. The van der Waals surface area contributed by atoms with Crippen molar-refractivity contribution < 1.29 is 8.42 Å². The van der Waals surface area contributed by atoms with Crippen LogP contribution in [0.25, 0.3) is 0 Å². The van der Waals surface area contributed by atoms with Gasteiger partial charge >= 0.3 is 0 Å². The molecule has 1 aromatic carbocycles. The Morgan fingerprint density at radius 1 is 1.25 bits per heavy atom. The molecule has 1 aliphatic carbocycles. The SMILES string of the molecule is CSC1(CNc2ccc(S(=O)(=O)N(C)C)cc2)CCC1. The van der Waals surface area contributed by atoms with Crippen LogP contribution in [-0.2, 0) is 10.0 Å². The van der Waals surface area contributed by atoms with Crippen LogP contribution in [0.15, 0.2) is 29.2 Å². The van der Waals surface area contributed by atoms with Gasteiger partial charge in [0.15, 0.2) is 0 Å². The van der Waals surface area contributed by atoms with Gasteiger partial charge in [0, 0.05) is 31.1 Å². The van der Waals surface area contributed by atoms with Gasteiger partial charge in [0.2, 0.25) is 10.0 Å². The minimum atomic E-state index is -3.33. The van der Waals surface area contributed by atoms with Crippen LogP contribution in [0.1, 0.15) is 19.3 Å². The molecule has 4 nitrogen and oxygen atoms in total. The van der Waals surface area contributed by atoms with Crippen LogP contribution < -0.4 is 5.32 Å². The van der Waals surface area contributed by atoms with Crippen molar-refractivity contribution in [1.29, 1.82) is 0 Å². The normalized spacial score (nSPS) is 17.8. The predicted octanol–water partition coefficient (Wildman–Crippen LogP) is 2.63. The molecular formula is C14H22N2O2S2. The molecule has 1 N–H and O–H groups in total. The average molecular weight is 314 g/mol. The standard InChI is InChI=1S/C14H22N2O2S2/c1-16(2)20(17,18)13-7-5-12(6-8-13)15-11-14(19-3)9-4-10-14/h5-8,15H,4,9-11H2,1-3H3. The second-order valence-electron chi connectivity index (χ2n) is 5.41. The van der Waals surface area contributed by atoms with E-state index < -0.39 is 10.0 Å². The molecule has 0 bridgehead atoms. The Labute approximate surface area is 126 Å². The first-order chi connectivity index (χ1) is 9.39. The minimum Gasteiger partial charge on any atom is -0.384 e. The Balaban J connectivity index is 2.02. The van der Waals surface area contributed by atoms with Crippen LogP contribution in [0.5, 0.6) is 0 Å². The maximum Gasteiger partial charge on any atom is 0.242 e. The third-order valence-corrected chi connectivity index (χ3v) is 7.19. The highest BCUT2D eigenvalue weighted by Gasteiger charge is 2.35. The first kappa shape index (κ1) is 15.7. The van der Waals surface area contributed by atoms with E-state index in [2.05, 4.69) is 11.6 Å². The van der Waals surface area contributed by atoms with Crippen molar-refractivity contribution in [2.24, 2.45) is 0 Å². The zero-order valence-corrected chi connectivity index (χ0v) is 13.9. The highest BCUT2D eigenvalue weighted by molar-refractivity contribution is 8.00. The fraction of sp³-hybridized carbons (Fsp3) is 0.571. The van der Waals surface area contributed by atoms with E-state index in [-0.39, 0.29) is 0 Å². The summed E-state index contributed by atoms with van der Waals surface area (Å²) in [5.41, 5.74) is 0.975. The fourth-order valence-electron chi connectivity index (χ4n) is 2.24. The first-order valence-electron chi connectivity index (χ1n) is 6.71. The van der Waals surface area contributed by atoms with Gasteiger partial charge in [-0.15, -0.1) is 0 Å². The van der Waals surface area contributed by atoms with E-state index in [4.69, 9.17) is 0 Å². The number of rotatable bonds is 6. The number of hydrogen-bond acceptors (Lipinski definition) is 4. The molecule has 0 heterocycles. The zero-order valence-electron chi connectivity index (χ0n) is 12.2. The molecule has 0 saturated heterocycles. The number of anilines is 1. The summed E-state index contributed by atoms with van der Waals surface area (Å²) < 4.78 is 25.5. The van der Waals surface area contributed by atoms with Crippen LogP contribution in [-0.4, -0.2) is 44.4 Å². The van der Waals surface area contributed by atoms with Crippen molar-refractivity contribution >= 4 is 27.5 Å². The summed E-state index contributed by atoms with van der Waals surface area (Å²) in [6.07, 6.45) is 5.98. The summed E-state index contributed by atoms with van der Waals surface area (Å²) in [6, 6.07) is 6.99. The molecule has 0 spiro atoms. The lowest BCUT2D eigenvalue weighted by Gasteiger charge is -2.40. The molecule has 1 saturated carbocycles. The van der Waals surface area contributed by atoms with E-state index in [1.54, 1.807) is 26.2 Å². The molecule has 20 heavy (non-hydrogen) atoms. The highest BCUT2D eigenvalue weighted by atomic mass is 32.2. The van der Waals surface area contributed by atoms with Gasteiger partial charge in [0.1, 0.15) is 0 Å². The van der Waals surface area contributed by atoms with Crippen molar-refractivity contribution in [3.05, 3.63) is 24.3 Å². The van der Waals surface area contributed by atoms with E-state index >= 15 is 0 Å². The Hall–Kier alpha value is -0.720. The van der Waals surface area contributed by atoms with Crippen molar-refractivity contribution in [2.45, 2.75) is 28.9 Å². The largest absolute Gasteiger partial charge is 0.384 e. The third-order valence-electron chi connectivity index (χ3n) is 3.95. The lowest BCUT2D eigenvalue weighted by Crippen LogP contribution is -2.40. The van der Waals surface area contributed by atoms with E-state index in [1.807, 2.05) is 23.9 Å². The van der Waals surface area contributed by atoms with Crippen LogP contribution in [0, 0.1) is 0 Å². The van der Waals surface area contributed by atoms with Crippen molar-refractivity contribution in [3.63, 3.8) is 0 Å². The molecule has 1 aromatic rings. The lowest BCUT2D eigenvalue weighted by molar-refractivity contribution is 0.380. The molecule has 0 aromatic heterocycles. The maximum absolute atomic E-state index is 12.0. The second kappa shape index (κ2) is 5.95. The van der Waals surface area contributed by atoms with Gasteiger partial charge in [-0.05, 0) is 43.4 Å². The summed E-state index contributed by atoms with van der Waals surface area (Å²) in [5.74, 6) is 0. The van der Waals surface area contributed by atoms with Crippen molar-refractivity contribution in [2.75, 3.05) is 32.2 Å². The molecule has 6 heteroatoms. The number of nitrogens with zero attached hydrogens (tertiary/aromatic N) is 1. The molecular weight excluding hydrogens is 292 g/mol. The molecule has 0 radical (unpaired) electrons. The monoisotopic (exact) mass is 314 g/mol. The van der Waals surface area contributed by atoms with E-state index in [0.717, 1.165) is 12.2 Å². The van der Waals surface area contributed by atoms with Gasteiger partial charge in [-0.2, -0.15) is 11.8 Å². The molecule has 1 aliphatic rings. The summed E-state index contributed by atoms with van der Waals surface area (Å²) in [6.45, 7) is 0.938. The summed E-state index contributed by atoms with van der Waals surface area (Å²) in [4.78, 5) is 0.330. The Morgan fingerprint density at radius 2 is 1.85 bits per heavy atom. The summed E-state index contributed by atoms with van der Waals surface area (Å²) >= 11 is 1.92. The zero-order chi connectivity index (χ0) is 14.8. The van der Waals surface area contributed by atoms with Gasteiger partial charge in [0.25, 0.3) is 0 Å². The topological polar surface area (TPSA) is 49.4 Å².